The Labute approximate surface area is 150 Å². The van der Waals surface area contributed by atoms with E-state index in [-0.39, 0.29) is 11.6 Å². The first-order chi connectivity index (χ1) is 12.6. The first-order valence-corrected chi connectivity index (χ1v) is 8.70. The van der Waals surface area contributed by atoms with Crippen molar-refractivity contribution in [2.75, 3.05) is 23.7 Å². The number of nitrogens with one attached hydrogen (secondary N) is 1. The second-order valence-electron chi connectivity index (χ2n) is 6.58. The molecule has 1 saturated heterocycles. The molecule has 8 nitrogen and oxygen atoms in total. The number of para-hydroxylation sites is 1. The van der Waals surface area contributed by atoms with Crippen LogP contribution < -0.4 is 16.3 Å². The Hall–Kier alpha value is -3.16. The van der Waals surface area contributed by atoms with E-state index in [9.17, 15) is 4.79 Å². The molecule has 1 aliphatic heterocycles. The molecule has 3 heterocycles. The number of hydrogen-bond donors (Lipinski definition) is 2. The van der Waals surface area contributed by atoms with Crippen molar-refractivity contribution in [1.82, 2.24) is 24.7 Å². The van der Waals surface area contributed by atoms with Crippen molar-refractivity contribution in [1.29, 1.82) is 0 Å². The van der Waals surface area contributed by atoms with Crippen molar-refractivity contribution in [3.63, 3.8) is 0 Å². The number of hydrogen-bond acceptors (Lipinski definition) is 6. The van der Waals surface area contributed by atoms with Gasteiger partial charge in [-0.15, -0.1) is 0 Å². The molecule has 0 aliphatic carbocycles. The molecule has 3 aromatic rings. The minimum absolute atomic E-state index is 0.106. The van der Waals surface area contributed by atoms with Crippen molar-refractivity contribution in [3.05, 3.63) is 58.4 Å². The smallest absolute Gasteiger partial charge is 0.347 e. The molecule has 134 valence electrons. The van der Waals surface area contributed by atoms with Gasteiger partial charge in [0.15, 0.2) is 0 Å². The van der Waals surface area contributed by atoms with E-state index in [0.29, 0.717) is 18.3 Å². The Balaban J connectivity index is 1.65. The standard InChI is InChI=1S/C18H21N7O/c1-12-10-20-17(21-15(12)19)24-9-5-6-13(11-24)16-22-23-18(26)25(16)14-7-3-2-4-8-14/h2-4,7-8,10,13H,5-6,9,11H2,1H3,(H,23,26)(H2,19,20,21). The minimum atomic E-state index is -0.223. The quantitative estimate of drug-likeness (QED) is 0.743. The summed E-state index contributed by atoms with van der Waals surface area (Å²) in [5.41, 5.74) is 7.40. The molecule has 0 radical (unpaired) electrons. The molecule has 2 aromatic heterocycles. The highest BCUT2D eigenvalue weighted by Gasteiger charge is 2.28. The van der Waals surface area contributed by atoms with Gasteiger partial charge in [-0.25, -0.2) is 19.4 Å². The molecule has 0 amide bonds. The summed E-state index contributed by atoms with van der Waals surface area (Å²) < 4.78 is 1.65. The van der Waals surface area contributed by atoms with Crippen LogP contribution in [0, 0.1) is 6.92 Å². The Morgan fingerprint density at radius 3 is 2.85 bits per heavy atom. The highest BCUT2D eigenvalue weighted by molar-refractivity contribution is 5.44. The number of aryl methyl sites for hydroxylation is 1. The zero-order valence-electron chi connectivity index (χ0n) is 14.6. The molecular formula is C18H21N7O. The fraction of sp³-hybridized carbons (Fsp3) is 0.333. The van der Waals surface area contributed by atoms with Crippen LogP contribution >= 0.6 is 0 Å². The predicted molar refractivity (Wildman–Crippen MR) is 99.6 cm³/mol. The average molecular weight is 351 g/mol. The van der Waals surface area contributed by atoms with Crippen molar-refractivity contribution >= 4 is 11.8 Å². The van der Waals surface area contributed by atoms with Crippen LogP contribution in [0.25, 0.3) is 5.69 Å². The van der Waals surface area contributed by atoms with Crippen LogP contribution in [0.2, 0.25) is 0 Å². The van der Waals surface area contributed by atoms with Crippen LogP contribution in [0.15, 0.2) is 41.3 Å². The molecular weight excluding hydrogens is 330 g/mol. The van der Waals surface area contributed by atoms with Gasteiger partial charge >= 0.3 is 5.69 Å². The Kier molecular flexibility index (Phi) is 4.16. The lowest BCUT2D eigenvalue weighted by Crippen LogP contribution is -2.37. The van der Waals surface area contributed by atoms with Gasteiger partial charge in [0.25, 0.3) is 0 Å². The Bertz CT molecular complexity index is 963. The van der Waals surface area contributed by atoms with E-state index in [0.717, 1.165) is 36.5 Å². The third kappa shape index (κ3) is 2.94. The van der Waals surface area contributed by atoms with Crippen LogP contribution in [-0.2, 0) is 0 Å². The monoisotopic (exact) mass is 351 g/mol. The first-order valence-electron chi connectivity index (χ1n) is 8.70. The van der Waals surface area contributed by atoms with Crippen LogP contribution in [0.3, 0.4) is 0 Å². The third-order valence-electron chi connectivity index (χ3n) is 4.78. The SMILES string of the molecule is Cc1cnc(N2CCCC(c3n[nH]c(=O)n3-c3ccccc3)C2)nc1N. The molecule has 0 bridgehead atoms. The number of anilines is 2. The molecule has 0 saturated carbocycles. The van der Waals surface area contributed by atoms with E-state index in [4.69, 9.17) is 5.73 Å². The number of rotatable bonds is 3. The normalized spacial score (nSPS) is 17.4. The zero-order chi connectivity index (χ0) is 18.1. The molecule has 4 rings (SSSR count). The van der Waals surface area contributed by atoms with E-state index in [1.807, 2.05) is 37.3 Å². The van der Waals surface area contributed by atoms with Gasteiger partial charge in [0, 0.05) is 30.8 Å². The lowest BCUT2D eigenvalue weighted by atomic mass is 9.97. The van der Waals surface area contributed by atoms with Crippen LogP contribution in [0.1, 0.15) is 30.1 Å². The first kappa shape index (κ1) is 16.3. The molecule has 8 heteroatoms. The minimum Gasteiger partial charge on any atom is -0.383 e. The van der Waals surface area contributed by atoms with Gasteiger partial charge in [0.2, 0.25) is 5.95 Å². The van der Waals surface area contributed by atoms with Gasteiger partial charge < -0.3 is 10.6 Å². The lowest BCUT2D eigenvalue weighted by molar-refractivity contribution is 0.480. The fourth-order valence-electron chi connectivity index (χ4n) is 3.38. The lowest BCUT2D eigenvalue weighted by Gasteiger charge is -2.32. The van der Waals surface area contributed by atoms with Crippen molar-refractivity contribution < 1.29 is 0 Å². The summed E-state index contributed by atoms with van der Waals surface area (Å²) >= 11 is 0. The number of aromatic amines is 1. The van der Waals surface area contributed by atoms with Gasteiger partial charge in [-0.05, 0) is 31.9 Å². The number of aromatic nitrogens is 5. The second-order valence-corrected chi connectivity index (χ2v) is 6.58. The van der Waals surface area contributed by atoms with Gasteiger partial charge in [-0.1, -0.05) is 18.2 Å². The Morgan fingerprint density at radius 2 is 2.08 bits per heavy atom. The number of nitrogens with zero attached hydrogens (tertiary/aromatic N) is 5. The van der Waals surface area contributed by atoms with E-state index in [1.54, 1.807) is 10.8 Å². The van der Waals surface area contributed by atoms with Gasteiger partial charge in [0.05, 0.1) is 5.69 Å². The second kappa shape index (κ2) is 6.62. The van der Waals surface area contributed by atoms with E-state index in [2.05, 4.69) is 25.1 Å². The highest BCUT2D eigenvalue weighted by Crippen LogP contribution is 2.28. The molecule has 1 aliphatic rings. The summed E-state index contributed by atoms with van der Waals surface area (Å²) in [5.74, 6) is 1.97. The largest absolute Gasteiger partial charge is 0.383 e. The molecule has 0 spiro atoms. The molecule has 1 unspecified atom stereocenters. The van der Waals surface area contributed by atoms with Gasteiger partial charge in [-0.2, -0.15) is 10.1 Å². The zero-order valence-corrected chi connectivity index (χ0v) is 14.6. The maximum atomic E-state index is 12.3. The topological polar surface area (TPSA) is 106 Å². The molecule has 3 N–H and O–H groups in total. The number of nitrogens with two attached hydrogens (primary N) is 1. The molecule has 1 aromatic carbocycles. The maximum absolute atomic E-state index is 12.3. The molecule has 1 fully saturated rings. The number of nitrogen functional groups attached to an aromatic ring is 1. The van der Waals surface area contributed by atoms with Crippen molar-refractivity contribution in [2.45, 2.75) is 25.7 Å². The van der Waals surface area contributed by atoms with Crippen molar-refractivity contribution in [3.8, 4) is 5.69 Å². The number of benzene rings is 1. The molecule has 26 heavy (non-hydrogen) atoms. The third-order valence-corrected chi connectivity index (χ3v) is 4.78. The summed E-state index contributed by atoms with van der Waals surface area (Å²) in [6.45, 7) is 3.44. The fourth-order valence-corrected chi connectivity index (χ4v) is 3.38. The molecule has 1 atom stereocenters. The maximum Gasteiger partial charge on any atom is 0.347 e. The van der Waals surface area contributed by atoms with Crippen LogP contribution in [0.4, 0.5) is 11.8 Å². The number of piperidine rings is 1. The summed E-state index contributed by atoms with van der Waals surface area (Å²) in [4.78, 5) is 23.2. The predicted octanol–water partition coefficient (Wildman–Crippen LogP) is 1.63. The van der Waals surface area contributed by atoms with E-state index >= 15 is 0 Å². The average Bonchev–Trinajstić information content (AvgIpc) is 3.06. The van der Waals surface area contributed by atoms with E-state index in [1.165, 1.54) is 0 Å². The van der Waals surface area contributed by atoms with Crippen LogP contribution in [-0.4, -0.2) is 37.8 Å². The van der Waals surface area contributed by atoms with Gasteiger partial charge in [-0.3, -0.25) is 0 Å². The number of H-pyrrole nitrogens is 1. The van der Waals surface area contributed by atoms with Gasteiger partial charge in [0.1, 0.15) is 11.6 Å². The van der Waals surface area contributed by atoms with Crippen molar-refractivity contribution in [2.24, 2.45) is 0 Å². The van der Waals surface area contributed by atoms with Crippen LogP contribution in [0.5, 0.6) is 0 Å². The Morgan fingerprint density at radius 1 is 1.27 bits per heavy atom. The summed E-state index contributed by atoms with van der Waals surface area (Å²) in [6, 6.07) is 9.56. The summed E-state index contributed by atoms with van der Waals surface area (Å²) in [6.07, 6.45) is 3.67. The summed E-state index contributed by atoms with van der Waals surface area (Å²) in [7, 11) is 0. The van der Waals surface area contributed by atoms with E-state index < -0.39 is 0 Å². The highest BCUT2D eigenvalue weighted by atomic mass is 16.1. The summed E-state index contributed by atoms with van der Waals surface area (Å²) in [5, 5.41) is 6.90.